The van der Waals surface area contributed by atoms with Crippen molar-refractivity contribution in [2.24, 2.45) is 4.99 Å². The molecule has 0 aromatic heterocycles. The van der Waals surface area contributed by atoms with Gasteiger partial charge in [-0.2, -0.15) is 0 Å². The summed E-state index contributed by atoms with van der Waals surface area (Å²) in [6.45, 7) is 1.03. The lowest BCUT2D eigenvalue weighted by molar-refractivity contribution is -0.108. The highest BCUT2D eigenvalue weighted by Crippen LogP contribution is 2.36. The number of hydrogen-bond acceptors (Lipinski definition) is 5. The Morgan fingerprint density at radius 1 is 1.06 bits per heavy atom. The highest BCUT2D eigenvalue weighted by atomic mass is 127. The van der Waals surface area contributed by atoms with Crippen molar-refractivity contribution in [3.05, 3.63) is 98.8 Å². The maximum absolute atomic E-state index is 13.0. The van der Waals surface area contributed by atoms with Gasteiger partial charge in [0.2, 0.25) is 5.12 Å². The minimum atomic E-state index is -0.0604. The van der Waals surface area contributed by atoms with Crippen LogP contribution < -0.4 is 4.74 Å². The first kappa shape index (κ1) is 22.4. The number of methoxy groups -OCH3 is 1. The number of aromatic hydroxyl groups is 1. The van der Waals surface area contributed by atoms with Crippen LogP contribution in [0.4, 0.5) is 0 Å². The molecule has 0 radical (unpaired) electrons. The molecular formula is C25H21IN2O3S. The van der Waals surface area contributed by atoms with Gasteiger partial charge in [0.25, 0.3) is 0 Å². The number of thioether (sulfide) groups is 1. The Morgan fingerprint density at radius 3 is 2.38 bits per heavy atom. The zero-order chi connectivity index (χ0) is 22.5. The summed E-state index contributed by atoms with van der Waals surface area (Å²) in [4.78, 5) is 19.7. The van der Waals surface area contributed by atoms with E-state index in [2.05, 4.69) is 22.6 Å². The zero-order valence-corrected chi connectivity index (χ0v) is 20.3. The molecule has 3 aromatic carbocycles. The summed E-state index contributed by atoms with van der Waals surface area (Å²) in [5.41, 5.74) is 3.49. The summed E-state index contributed by atoms with van der Waals surface area (Å²) < 4.78 is 5.93. The first-order chi connectivity index (χ1) is 15.5. The summed E-state index contributed by atoms with van der Waals surface area (Å²) in [6.07, 6.45) is 1.83. The molecule has 3 aromatic rings. The Bertz CT molecular complexity index is 1180. The average Bonchev–Trinajstić information content (AvgIpc) is 3.10. The number of nitrogens with zero attached hydrogens (tertiary/aromatic N) is 2. The Hall–Kier alpha value is -2.78. The van der Waals surface area contributed by atoms with Gasteiger partial charge in [-0.25, -0.2) is 0 Å². The van der Waals surface area contributed by atoms with Gasteiger partial charge in [-0.15, -0.1) is 0 Å². The van der Waals surface area contributed by atoms with E-state index in [0.29, 0.717) is 33.3 Å². The predicted octanol–water partition coefficient (Wildman–Crippen LogP) is 5.68. The van der Waals surface area contributed by atoms with E-state index in [0.717, 1.165) is 28.5 Å². The summed E-state index contributed by atoms with van der Waals surface area (Å²) in [5, 5.41) is 10.8. The molecule has 4 rings (SSSR count). The van der Waals surface area contributed by atoms with Crippen LogP contribution >= 0.6 is 34.4 Å². The number of ether oxygens (including phenoxy) is 1. The molecule has 32 heavy (non-hydrogen) atoms. The lowest BCUT2D eigenvalue weighted by Crippen LogP contribution is -2.23. The molecule has 0 amide bonds. The molecule has 1 fully saturated rings. The molecule has 1 aliphatic heterocycles. The van der Waals surface area contributed by atoms with Crippen LogP contribution in [0.5, 0.6) is 11.5 Å². The van der Waals surface area contributed by atoms with Gasteiger partial charge in [0.05, 0.1) is 29.5 Å². The summed E-state index contributed by atoms with van der Waals surface area (Å²) in [7, 11) is 1.51. The molecule has 162 valence electrons. The number of carbonyl (C=O) groups excluding carboxylic acids is 1. The molecule has 0 bridgehead atoms. The zero-order valence-electron chi connectivity index (χ0n) is 17.4. The molecule has 1 heterocycles. The van der Waals surface area contributed by atoms with E-state index >= 15 is 0 Å². The van der Waals surface area contributed by atoms with E-state index < -0.39 is 0 Å². The Labute approximate surface area is 205 Å². The van der Waals surface area contributed by atoms with Crippen molar-refractivity contribution in [2.45, 2.75) is 13.1 Å². The van der Waals surface area contributed by atoms with Crippen LogP contribution in [-0.2, 0) is 17.9 Å². The highest BCUT2D eigenvalue weighted by Gasteiger charge is 2.33. The molecule has 1 saturated heterocycles. The molecular weight excluding hydrogens is 535 g/mol. The molecule has 0 aliphatic carbocycles. The third-order valence-corrected chi connectivity index (χ3v) is 6.66. The smallest absolute Gasteiger partial charge is 0.243 e. The quantitative estimate of drug-likeness (QED) is 0.313. The first-order valence-electron chi connectivity index (χ1n) is 9.95. The van der Waals surface area contributed by atoms with Crippen LogP contribution in [0.15, 0.2) is 83.5 Å². The number of phenolic OH excluding ortho intramolecular Hbond substituents is 1. The Balaban J connectivity index is 1.72. The normalized spacial score (nSPS) is 16.2. The van der Waals surface area contributed by atoms with Crippen molar-refractivity contribution in [1.82, 2.24) is 4.90 Å². The van der Waals surface area contributed by atoms with Crippen LogP contribution in [0, 0.1) is 3.57 Å². The fraction of sp³-hybridized carbons (Fsp3) is 0.120. The second kappa shape index (κ2) is 10.2. The van der Waals surface area contributed by atoms with Crippen molar-refractivity contribution in [3.8, 4) is 11.5 Å². The summed E-state index contributed by atoms with van der Waals surface area (Å²) in [5.74, 6) is 0.461. The van der Waals surface area contributed by atoms with Gasteiger partial charge in [-0.3, -0.25) is 9.79 Å². The van der Waals surface area contributed by atoms with Gasteiger partial charge in [-0.1, -0.05) is 60.7 Å². The molecule has 1 N–H and O–H groups in total. The van der Waals surface area contributed by atoms with Crippen LogP contribution in [0.2, 0.25) is 0 Å². The number of rotatable bonds is 6. The van der Waals surface area contributed by atoms with Crippen molar-refractivity contribution in [1.29, 1.82) is 0 Å². The van der Waals surface area contributed by atoms with Gasteiger partial charge in [0, 0.05) is 0 Å². The highest BCUT2D eigenvalue weighted by molar-refractivity contribution is 14.1. The number of amidine groups is 1. The minimum Gasteiger partial charge on any atom is -0.504 e. The second-order valence-corrected chi connectivity index (χ2v) is 9.23. The van der Waals surface area contributed by atoms with Crippen LogP contribution in [0.3, 0.4) is 0 Å². The fourth-order valence-electron chi connectivity index (χ4n) is 3.31. The maximum Gasteiger partial charge on any atom is 0.243 e. The molecule has 0 spiro atoms. The van der Waals surface area contributed by atoms with Crippen molar-refractivity contribution in [3.63, 3.8) is 0 Å². The molecule has 0 unspecified atom stereocenters. The van der Waals surface area contributed by atoms with Crippen LogP contribution in [0.1, 0.15) is 16.7 Å². The largest absolute Gasteiger partial charge is 0.504 e. The Kier molecular flexibility index (Phi) is 7.16. The van der Waals surface area contributed by atoms with Gasteiger partial charge < -0.3 is 14.7 Å². The number of hydrogen-bond donors (Lipinski definition) is 1. The molecule has 1 aliphatic rings. The number of aliphatic imine (C=N–C) groups is 1. The summed E-state index contributed by atoms with van der Waals surface area (Å²) in [6, 6.07) is 23.5. The number of benzene rings is 3. The third-order valence-electron chi connectivity index (χ3n) is 4.91. The van der Waals surface area contributed by atoms with E-state index in [1.54, 1.807) is 6.07 Å². The monoisotopic (exact) mass is 556 g/mol. The number of halogens is 1. The topological polar surface area (TPSA) is 62.1 Å². The van der Waals surface area contributed by atoms with E-state index in [4.69, 9.17) is 9.73 Å². The Morgan fingerprint density at radius 2 is 1.72 bits per heavy atom. The predicted molar refractivity (Wildman–Crippen MR) is 138 cm³/mol. The van der Waals surface area contributed by atoms with Crippen molar-refractivity contribution in [2.75, 3.05) is 7.11 Å². The SMILES string of the molecule is COc1cc(C=C2C(=O)SC(=NCc3ccccc3)N2Cc2ccccc2)cc(I)c1O. The van der Waals surface area contributed by atoms with Crippen molar-refractivity contribution >= 4 is 50.7 Å². The van der Waals surface area contributed by atoms with E-state index in [9.17, 15) is 9.90 Å². The van der Waals surface area contributed by atoms with Gasteiger partial charge in [0.1, 0.15) is 0 Å². The standard InChI is InChI=1S/C25H21IN2O3S/c1-31-22-14-19(12-20(26)23(22)29)13-21-24(30)32-25(27-15-17-8-4-2-5-9-17)28(21)16-18-10-6-3-7-11-18/h2-14,29H,15-16H2,1H3. The molecule has 0 saturated carbocycles. The number of phenols is 1. The van der Waals surface area contributed by atoms with E-state index in [1.807, 2.05) is 77.7 Å². The minimum absolute atomic E-state index is 0.0604. The lowest BCUT2D eigenvalue weighted by Gasteiger charge is -2.19. The van der Waals surface area contributed by atoms with Crippen LogP contribution in [-0.4, -0.2) is 27.4 Å². The van der Waals surface area contributed by atoms with E-state index in [-0.39, 0.29) is 10.9 Å². The van der Waals surface area contributed by atoms with Gasteiger partial charge >= 0.3 is 0 Å². The van der Waals surface area contributed by atoms with Gasteiger partial charge in [-0.05, 0) is 69.3 Å². The van der Waals surface area contributed by atoms with E-state index in [1.165, 1.54) is 7.11 Å². The van der Waals surface area contributed by atoms with Gasteiger partial charge in [0.15, 0.2) is 16.7 Å². The molecule has 5 nitrogen and oxygen atoms in total. The van der Waals surface area contributed by atoms with Crippen LogP contribution in [0.25, 0.3) is 6.08 Å². The average molecular weight is 556 g/mol. The lowest BCUT2D eigenvalue weighted by atomic mass is 10.1. The number of carbonyl (C=O) groups is 1. The third kappa shape index (κ3) is 5.16. The summed E-state index contributed by atoms with van der Waals surface area (Å²) >= 11 is 3.19. The maximum atomic E-state index is 13.0. The molecule has 0 atom stereocenters. The first-order valence-corrected chi connectivity index (χ1v) is 11.8. The molecule has 7 heteroatoms. The fourth-order valence-corrected chi connectivity index (χ4v) is 4.78. The second-order valence-electron chi connectivity index (χ2n) is 7.13. The van der Waals surface area contributed by atoms with Crippen molar-refractivity contribution < 1.29 is 14.6 Å².